The zero-order valence-corrected chi connectivity index (χ0v) is 12.0. The van der Waals surface area contributed by atoms with Crippen molar-refractivity contribution in [2.24, 2.45) is 5.73 Å². The molecular weight excluding hydrogens is 270 g/mol. The molecule has 21 heavy (non-hydrogen) atoms. The van der Waals surface area contributed by atoms with Gasteiger partial charge in [0.05, 0.1) is 30.5 Å². The van der Waals surface area contributed by atoms with E-state index in [1.807, 2.05) is 11.8 Å². The highest BCUT2D eigenvalue weighted by Crippen LogP contribution is 2.23. The van der Waals surface area contributed by atoms with E-state index in [9.17, 15) is 9.59 Å². The van der Waals surface area contributed by atoms with E-state index < -0.39 is 0 Å². The highest BCUT2D eigenvalue weighted by molar-refractivity contribution is 6.21. The van der Waals surface area contributed by atoms with Gasteiger partial charge in [0, 0.05) is 19.1 Å². The molecule has 2 amide bonds. The van der Waals surface area contributed by atoms with Gasteiger partial charge < -0.3 is 10.5 Å². The van der Waals surface area contributed by atoms with Crippen LogP contribution in [0.3, 0.4) is 0 Å². The third kappa shape index (κ3) is 2.57. The number of morpholine rings is 1. The molecule has 2 aliphatic heterocycles. The smallest absolute Gasteiger partial charge is 0.262 e. The zero-order valence-electron chi connectivity index (χ0n) is 12.0. The van der Waals surface area contributed by atoms with Crippen molar-refractivity contribution in [3.05, 3.63) is 35.4 Å². The minimum absolute atomic E-state index is 0.0612. The summed E-state index contributed by atoms with van der Waals surface area (Å²) in [5.41, 5.74) is 6.83. The molecule has 0 radical (unpaired) electrons. The monoisotopic (exact) mass is 289 g/mol. The van der Waals surface area contributed by atoms with Crippen LogP contribution in [-0.2, 0) is 4.74 Å². The summed E-state index contributed by atoms with van der Waals surface area (Å²) in [6.45, 7) is 4.08. The molecule has 1 fully saturated rings. The number of nitrogens with zero attached hydrogens (tertiary/aromatic N) is 2. The maximum Gasteiger partial charge on any atom is 0.262 e. The zero-order chi connectivity index (χ0) is 15.0. The standard InChI is InChI=1S/C15H19N3O3/c1-10(16)13-8-17(6-7-21-13)9-18-14(19)11-4-2-3-5-12(11)15(18)20/h2-5,10,13H,6-9,16H2,1H3. The van der Waals surface area contributed by atoms with E-state index in [4.69, 9.17) is 10.5 Å². The van der Waals surface area contributed by atoms with Gasteiger partial charge in [-0.15, -0.1) is 0 Å². The third-order valence-corrected chi connectivity index (χ3v) is 3.98. The molecular formula is C15H19N3O3. The molecule has 0 aliphatic carbocycles. The molecule has 1 aromatic rings. The SMILES string of the molecule is CC(N)C1CN(CN2C(=O)c3ccccc3C2=O)CCO1. The second-order valence-electron chi connectivity index (χ2n) is 5.57. The minimum atomic E-state index is -0.223. The second-order valence-corrected chi connectivity index (χ2v) is 5.57. The van der Waals surface area contributed by atoms with Crippen LogP contribution < -0.4 is 5.73 Å². The van der Waals surface area contributed by atoms with Crippen LogP contribution in [0, 0.1) is 0 Å². The molecule has 112 valence electrons. The first-order chi connectivity index (χ1) is 10.1. The van der Waals surface area contributed by atoms with E-state index in [1.165, 1.54) is 4.90 Å². The first kappa shape index (κ1) is 14.2. The number of hydrogen-bond acceptors (Lipinski definition) is 5. The molecule has 2 N–H and O–H groups in total. The number of ether oxygens (including phenoxy) is 1. The van der Waals surface area contributed by atoms with E-state index in [1.54, 1.807) is 24.3 Å². The molecule has 1 saturated heterocycles. The van der Waals surface area contributed by atoms with Crippen molar-refractivity contribution < 1.29 is 14.3 Å². The molecule has 0 saturated carbocycles. The van der Waals surface area contributed by atoms with Crippen molar-refractivity contribution in [3.63, 3.8) is 0 Å². The summed E-state index contributed by atoms with van der Waals surface area (Å²) in [7, 11) is 0. The fourth-order valence-electron chi connectivity index (χ4n) is 2.75. The van der Waals surface area contributed by atoms with E-state index in [-0.39, 0.29) is 24.0 Å². The number of nitrogens with two attached hydrogens (primary N) is 1. The summed E-state index contributed by atoms with van der Waals surface area (Å²) >= 11 is 0. The highest BCUT2D eigenvalue weighted by Gasteiger charge is 2.37. The van der Waals surface area contributed by atoms with E-state index in [2.05, 4.69) is 0 Å². The number of imide groups is 1. The summed E-state index contributed by atoms with van der Waals surface area (Å²) in [5, 5.41) is 0. The Balaban J connectivity index is 1.72. The van der Waals surface area contributed by atoms with Gasteiger partial charge in [-0.1, -0.05) is 12.1 Å². The lowest BCUT2D eigenvalue weighted by Gasteiger charge is -2.36. The topological polar surface area (TPSA) is 75.9 Å². The van der Waals surface area contributed by atoms with Crippen LogP contribution in [0.4, 0.5) is 0 Å². The minimum Gasteiger partial charge on any atom is -0.374 e. The number of rotatable bonds is 3. The number of fused-ring (bicyclic) bond motifs is 1. The van der Waals surface area contributed by atoms with E-state index in [0.29, 0.717) is 37.5 Å². The fourth-order valence-corrected chi connectivity index (χ4v) is 2.75. The van der Waals surface area contributed by atoms with E-state index >= 15 is 0 Å². The van der Waals surface area contributed by atoms with Gasteiger partial charge in [0.25, 0.3) is 11.8 Å². The summed E-state index contributed by atoms with van der Waals surface area (Å²) < 4.78 is 5.59. The van der Waals surface area contributed by atoms with Crippen LogP contribution in [0.2, 0.25) is 0 Å². The number of hydrogen-bond donors (Lipinski definition) is 1. The van der Waals surface area contributed by atoms with Gasteiger partial charge in [0.2, 0.25) is 0 Å². The number of carbonyl (C=O) groups is 2. The Morgan fingerprint density at radius 2 is 1.90 bits per heavy atom. The van der Waals surface area contributed by atoms with Gasteiger partial charge >= 0.3 is 0 Å². The number of benzene rings is 1. The third-order valence-electron chi connectivity index (χ3n) is 3.98. The van der Waals surface area contributed by atoms with Gasteiger partial charge in [-0.05, 0) is 19.1 Å². The van der Waals surface area contributed by atoms with E-state index in [0.717, 1.165) is 0 Å². The first-order valence-corrected chi connectivity index (χ1v) is 7.12. The molecule has 0 bridgehead atoms. The van der Waals surface area contributed by atoms with Crippen LogP contribution in [0.25, 0.3) is 0 Å². The second kappa shape index (κ2) is 5.55. The number of amides is 2. The Labute approximate surface area is 123 Å². The molecule has 3 rings (SSSR count). The lowest BCUT2D eigenvalue weighted by Crippen LogP contribution is -2.53. The van der Waals surface area contributed by atoms with Crippen molar-refractivity contribution >= 4 is 11.8 Å². The van der Waals surface area contributed by atoms with Gasteiger partial charge in [-0.2, -0.15) is 0 Å². The Morgan fingerprint density at radius 1 is 1.29 bits per heavy atom. The Hall–Kier alpha value is -1.76. The fraction of sp³-hybridized carbons (Fsp3) is 0.467. The Kier molecular flexibility index (Phi) is 3.75. The molecule has 2 aliphatic rings. The van der Waals surface area contributed by atoms with Crippen LogP contribution in [0.15, 0.2) is 24.3 Å². The van der Waals surface area contributed by atoms with Crippen molar-refractivity contribution in [2.45, 2.75) is 19.1 Å². The van der Waals surface area contributed by atoms with Gasteiger partial charge in [-0.25, -0.2) is 0 Å². The van der Waals surface area contributed by atoms with Crippen molar-refractivity contribution in [3.8, 4) is 0 Å². The average Bonchev–Trinajstić information content (AvgIpc) is 2.73. The predicted molar refractivity (Wildman–Crippen MR) is 76.8 cm³/mol. The molecule has 6 nitrogen and oxygen atoms in total. The number of carbonyl (C=O) groups excluding carboxylic acids is 2. The average molecular weight is 289 g/mol. The maximum atomic E-state index is 12.3. The van der Waals surface area contributed by atoms with Gasteiger partial charge in [0.15, 0.2) is 0 Å². The first-order valence-electron chi connectivity index (χ1n) is 7.12. The van der Waals surface area contributed by atoms with Crippen molar-refractivity contribution in [1.82, 2.24) is 9.80 Å². The molecule has 1 aromatic carbocycles. The highest BCUT2D eigenvalue weighted by atomic mass is 16.5. The quantitative estimate of drug-likeness (QED) is 0.809. The van der Waals surface area contributed by atoms with Crippen LogP contribution in [0.5, 0.6) is 0 Å². The van der Waals surface area contributed by atoms with Gasteiger partial charge in [-0.3, -0.25) is 19.4 Å². The summed E-state index contributed by atoms with van der Waals surface area (Å²) in [6.07, 6.45) is -0.0612. The molecule has 0 spiro atoms. The lowest BCUT2D eigenvalue weighted by molar-refractivity contribution is -0.0477. The maximum absolute atomic E-state index is 12.3. The Bertz CT molecular complexity index is 538. The lowest BCUT2D eigenvalue weighted by atomic mass is 10.1. The van der Waals surface area contributed by atoms with Crippen LogP contribution in [-0.4, -0.2) is 60.1 Å². The predicted octanol–water partition coefficient (Wildman–Crippen LogP) is 0.288. The largest absolute Gasteiger partial charge is 0.374 e. The summed E-state index contributed by atoms with van der Waals surface area (Å²) in [4.78, 5) is 28.0. The molecule has 0 aromatic heterocycles. The van der Waals surface area contributed by atoms with Crippen molar-refractivity contribution in [1.29, 1.82) is 0 Å². The Morgan fingerprint density at radius 3 is 2.48 bits per heavy atom. The van der Waals surface area contributed by atoms with Crippen LogP contribution in [0.1, 0.15) is 27.6 Å². The molecule has 6 heteroatoms. The summed E-state index contributed by atoms with van der Waals surface area (Å²) in [6, 6.07) is 6.86. The van der Waals surface area contributed by atoms with Crippen LogP contribution >= 0.6 is 0 Å². The summed E-state index contributed by atoms with van der Waals surface area (Å²) in [5.74, 6) is -0.445. The molecule has 2 unspecified atom stereocenters. The molecule has 2 atom stereocenters. The normalized spacial score (nSPS) is 24.3. The molecule has 2 heterocycles. The van der Waals surface area contributed by atoms with Gasteiger partial charge in [0.1, 0.15) is 0 Å². The van der Waals surface area contributed by atoms with Crippen molar-refractivity contribution in [2.75, 3.05) is 26.4 Å².